The van der Waals surface area contributed by atoms with Crippen molar-refractivity contribution in [2.24, 2.45) is 0 Å². The summed E-state index contributed by atoms with van der Waals surface area (Å²) in [6.07, 6.45) is 0. The van der Waals surface area contributed by atoms with Gasteiger partial charge >= 0.3 is 0 Å². The zero-order valence-electron chi connectivity index (χ0n) is 14.0. The van der Waals surface area contributed by atoms with Gasteiger partial charge in [-0.3, -0.25) is 4.72 Å². The Morgan fingerprint density at radius 1 is 0.880 bits per heavy atom. The summed E-state index contributed by atoms with van der Waals surface area (Å²) in [5.41, 5.74) is 0.485. The van der Waals surface area contributed by atoms with Gasteiger partial charge in [0.05, 0.1) is 18.6 Å². The highest BCUT2D eigenvalue weighted by Gasteiger charge is 2.15. The Kier molecular flexibility index (Phi) is 4.81. The minimum Gasteiger partial charge on any atom is -0.497 e. The highest BCUT2D eigenvalue weighted by Crippen LogP contribution is 2.25. The topological polar surface area (TPSA) is 64.6 Å². The van der Waals surface area contributed by atoms with Gasteiger partial charge in [0.15, 0.2) is 0 Å². The number of fused-ring (bicyclic) bond motifs is 1. The highest BCUT2D eigenvalue weighted by atomic mass is 32.2. The summed E-state index contributed by atoms with van der Waals surface area (Å²) in [5, 5.41) is 1.75. The molecule has 0 fully saturated rings. The Hall–Kier alpha value is -2.73. The fourth-order valence-electron chi connectivity index (χ4n) is 2.50. The van der Waals surface area contributed by atoms with Gasteiger partial charge in [-0.25, -0.2) is 8.42 Å². The van der Waals surface area contributed by atoms with Crippen molar-refractivity contribution in [1.29, 1.82) is 0 Å². The Labute approximate surface area is 147 Å². The molecule has 0 bridgehead atoms. The average Bonchev–Trinajstić information content (AvgIpc) is 2.62. The lowest BCUT2D eigenvalue weighted by atomic mass is 10.1. The Morgan fingerprint density at radius 3 is 2.20 bits per heavy atom. The number of anilines is 1. The number of rotatable bonds is 6. The van der Waals surface area contributed by atoms with Crippen molar-refractivity contribution < 1.29 is 17.9 Å². The van der Waals surface area contributed by atoms with Crippen LogP contribution >= 0.6 is 0 Å². The van der Waals surface area contributed by atoms with Crippen LogP contribution in [0.25, 0.3) is 10.8 Å². The Bertz CT molecular complexity index is 982. The number of nitrogens with one attached hydrogen (secondary N) is 1. The lowest BCUT2D eigenvalue weighted by molar-refractivity contribution is 0.340. The van der Waals surface area contributed by atoms with Crippen LogP contribution in [0.3, 0.4) is 0 Å². The molecule has 5 nitrogen and oxygen atoms in total. The SMILES string of the molecule is CCOc1ccc(NS(=O)(=O)c2ccc3cc(OC)ccc3c2)cc1. The van der Waals surface area contributed by atoms with Crippen LogP contribution in [-0.2, 0) is 10.0 Å². The molecule has 6 heteroatoms. The Morgan fingerprint density at radius 2 is 1.52 bits per heavy atom. The predicted octanol–water partition coefficient (Wildman–Crippen LogP) is 4.05. The monoisotopic (exact) mass is 357 g/mol. The second-order valence-electron chi connectivity index (χ2n) is 5.44. The maximum atomic E-state index is 12.6. The van der Waals surface area contributed by atoms with E-state index in [2.05, 4.69) is 4.72 Å². The third-order valence-corrected chi connectivity index (χ3v) is 5.13. The molecular weight excluding hydrogens is 338 g/mol. The predicted molar refractivity (Wildman–Crippen MR) is 98.9 cm³/mol. The molecule has 0 aliphatic carbocycles. The fourth-order valence-corrected chi connectivity index (χ4v) is 3.59. The summed E-state index contributed by atoms with van der Waals surface area (Å²) < 4.78 is 38.3. The molecule has 0 aromatic heterocycles. The van der Waals surface area contributed by atoms with Gasteiger partial charge < -0.3 is 9.47 Å². The lowest BCUT2D eigenvalue weighted by Gasteiger charge is -2.10. The summed E-state index contributed by atoms with van der Waals surface area (Å²) in [6.45, 7) is 2.46. The van der Waals surface area contributed by atoms with Crippen molar-refractivity contribution in [2.75, 3.05) is 18.4 Å². The molecule has 0 aliphatic heterocycles. The van der Waals surface area contributed by atoms with Crippen LogP contribution in [0.2, 0.25) is 0 Å². The molecule has 0 saturated carbocycles. The van der Waals surface area contributed by atoms with Gasteiger partial charge in [-0.1, -0.05) is 12.1 Å². The van der Waals surface area contributed by atoms with Crippen LogP contribution in [0.1, 0.15) is 6.92 Å². The van der Waals surface area contributed by atoms with Crippen molar-refractivity contribution in [1.82, 2.24) is 0 Å². The van der Waals surface area contributed by atoms with Crippen molar-refractivity contribution in [2.45, 2.75) is 11.8 Å². The summed E-state index contributed by atoms with van der Waals surface area (Å²) in [5.74, 6) is 1.43. The summed E-state index contributed by atoms with van der Waals surface area (Å²) in [7, 11) is -2.07. The number of methoxy groups -OCH3 is 1. The van der Waals surface area contributed by atoms with E-state index in [9.17, 15) is 8.42 Å². The highest BCUT2D eigenvalue weighted by molar-refractivity contribution is 7.92. The molecule has 3 aromatic rings. The molecule has 0 unspecified atom stereocenters. The van der Waals surface area contributed by atoms with Crippen LogP contribution in [-0.4, -0.2) is 22.1 Å². The number of benzene rings is 3. The van der Waals surface area contributed by atoms with E-state index in [1.807, 2.05) is 19.1 Å². The molecule has 0 atom stereocenters. The average molecular weight is 357 g/mol. The first-order valence-corrected chi connectivity index (χ1v) is 9.33. The molecule has 0 radical (unpaired) electrons. The fraction of sp³-hybridized carbons (Fsp3) is 0.158. The second kappa shape index (κ2) is 7.03. The third kappa shape index (κ3) is 3.85. The standard InChI is InChI=1S/C19H19NO4S/c1-3-24-17-9-6-16(7-10-17)20-25(21,22)19-11-5-14-12-18(23-2)8-4-15(14)13-19/h4-13,20H,3H2,1-2H3. The molecule has 0 spiro atoms. The Balaban J connectivity index is 1.87. The van der Waals surface area contributed by atoms with Crippen molar-refractivity contribution in [3.05, 3.63) is 60.7 Å². The molecular formula is C19H19NO4S. The quantitative estimate of drug-likeness (QED) is 0.723. The van der Waals surface area contributed by atoms with Gasteiger partial charge in [0, 0.05) is 5.69 Å². The van der Waals surface area contributed by atoms with E-state index in [1.165, 1.54) is 0 Å². The van der Waals surface area contributed by atoms with Crippen LogP contribution in [0.4, 0.5) is 5.69 Å². The first-order chi connectivity index (χ1) is 12.0. The van der Waals surface area contributed by atoms with Crippen LogP contribution in [0.5, 0.6) is 11.5 Å². The van der Waals surface area contributed by atoms with E-state index in [0.29, 0.717) is 18.0 Å². The van der Waals surface area contributed by atoms with Crippen LogP contribution < -0.4 is 14.2 Å². The van der Waals surface area contributed by atoms with E-state index in [-0.39, 0.29) is 4.90 Å². The molecule has 1 N–H and O–H groups in total. The van der Waals surface area contributed by atoms with Crippen LogP contribution in [0.15, 0.2) is 65.6 Å². The van der Waals surface area contributed by atoms with Gasteiger partial charge in [-0.2, -0.15) is 0 Å². The molecule has 3 rings (SSSR count). The summed E-state index contributed by atoms with van der Waals surface area (Å²) in [4.78, 5) is 0.207. The van der Waals surface area contributed by atoms with Crippen molar-refractivity contribution in [3.63, 3.8) is 0 Å². The van der Waals surface area contributed by atoms with E-state index >= 15 is 0 Å². The summed E-state index contributed by atoms with van der Waals surface area (Å²) >= 11 is 0. The molecule has 130 valence electrons. The largest absolute Gasteiger partial charge is 0.497 e. The van der Waals surface area contributed by atoms with Crippen LogP contribution in [0, 0.1) is 0 Å². The molecule has 25 heavy (non-hydrogen) atoms. The summed E-state index contributed by atoms with van der Waals surface area (Å²) in [6, 6.07) is 17.3. The maximum Gasteiger partial charge on any atom is 0.261 e. The molecule has 0 amide bonds. The molecule has 3 aromatic carbocycles. The van der Waals surface area contributed by atoms with Crippen molar-refractivity contribution >= 4 is 26.5 Å². The zero-order chi connectivity index (χ0) is 17.9. The van der Waals surface area contributed by atoms with Gasteiger partial charge in [0.1, 0.15) is 11.5 Å². The third-order valence-electron chi connectivity index (χ3n) is 3.75. The maximum absolute atomic E-state index is 12.6. The number of hydrogen-bond donors (Lipinski definition) is 1. The molecule has 0 aliphatic rings. The van der Waals surface area contributed by atoms with E-state index < -0.39 is 10.0 Å². The number of ether oxygens (including phenoxy) is 2. The number of sulfonamides is 1. The minimum atomic E-state index is -3.67. The van der Waals surface area contributed by atoms with E-state index in [0.717, 1.165) is 16.5 Å². The lowest BCUT2D eigenvalue weighted by Crippen LogP contribution is -2.12. The van der Waals surface area contributed by atoms with Gasteiger partial charge in [0.25, 0.3) is 10.0 Å². The zero-order valence-corrected chi connectivity index (χ0v) is 14.8. The van der Waals surface area contributed by atoms with E-state index in [1.54, 1.807) is 55.6 Å². The molecule has 0 saturated heterocycles. The number of hydrogen-bond acceptors (Lipinski definition) is 4. The first-order valence-electron chi connectivity index (χ1n) is 7.85. The van der Waals surface area contributed by atoms with Crippen molar-refractivity contribution in [3.8, 4) is 11.5 Å². The minimum absolute atomic E-state index is 0.207. The van der Waals surface area contributed by atoms with Gasteiger partial charge in [-0.15, -0.1) is 0 Å². The van der Waals surface area contributed by atoms with Gasteiger partial charge in [-0.05, 0) is 66.2 Å². The normalized spacial score (nSPS) is 11.3. The smallest absolute Gasteiger partial charge is 0.261 e. The second-order valence-corrected chi connectivity index (χ2v) is 7.12. The molecule has 0 heterocycles. The van der Waals surface area contributed by atoms with E-state index in [4.69, 9.17) is 9.47 Å². The van der Waals surface area contributed by atoms with Gasteiger partial charge in [0.2, 0.25) is 0 Å². The first kappa shape index (κ1) is 17.1.